The number of unbranched alkanes of at least 4 members (excludes halogenated alkanes) is 16. The molecular formula is C46H72N2S3. The molecule has 0 bridgehead atoms. The monoisotopic (exact) mass is 748 g/mol. The summed E-state index contributed by atoms with van der Waals surface area (Å²) in [7, 11) is 0. The van der Waals surface area contributed by atoms with Crippen molar-refractivity contribution in [2.24, 2.45) is 11.8 Å². The molecule has 0 aromatic carbocycles. The Labute approximate surface area is 325 Å². The van der Waals surface area contributed by atoms with Gasteiger partial charge in [0.2, 0.25) is 0 Å². The summed E-state index contributed by atoms with van der Waals surface area (Å²) in [6.45, 7) is 9.28. The third-order valence-electron chi connectivity index (χ3n) is 10.9. The lowest BCUT2D eigenvalue weighted by molar-refractivity contribution is 0.404. The van der Waals surface area contributed by atoms with E-state index in [-0.39, 0.29) is 0 Å². The minimum absolute atomic E-state index is 0.801. The average molecular weight is 749 g/mol. The maximum Gasteiger partial charge on any atom is 0.108 e. The Bertz CT molecular complexity index is 1340. The second-order valence-electron chi connectivity index (χ2n) is 15.5. The van der Waals surface area contributed by atoms with Crippen LogP contribution in [0.4, 0.5) is 0 Å². The van der Waals surface area contributed by atoms with E-state index in [9.17, 15) is 0 Å². The first kappa shape index (κ1) is 42.2. The fourth-order valence-corrected chi connectivity index (χ4v) is 10.7. The van der Waals surface area contributed by atoms with Gasteiger partial charge in [0.1, 0.15) is 22.4 Å². The molecule has 2 atom stereocenters. The zero-order valence-electron chi connectivity index (χ0n) is 33.1. The third-order valence-corrected chi connectivity index (χ3v) is 13.9. The molecule has 4 aromatic heterocycles. The summed E-state index contributed by atoms with van der Waals surface area (Å²) in [5, 5.41) is 4.34. The number of fused-ring (bicyclic) bond motifs is 1. The van der Waals surface area contributed by atoms with Crippen molar-refractivity contribution in [1.29, 1.82) is 0 Å². The van der Waals surface area contributed by atoms with Crippen LogP contribution in [0.3, 0.4) is 0 Å². The normalized spacial score (nSPS) is 13.0. The summed E-state index contributed by atoms with van der Waals surface area (Å²) >= 11 is 5.68. The fraction of sp³-hybridized carbons (Fsp3) is 0.696. The summed E-state index contributed by atoms with van der Waals surface area (Å²) in [6, 6.07) is 9.53. The molecule has 2 unspecified atom stereocenters. The highest BCUT2D eigenvalue weighted by Crippen LogP contribution is 2.40. The van der Waals surface area contributed by atoms with Gasteiger partial charge in [-0.3, -0.25) is 0 Å². The highest BCUT2D eigenvalue weighted by molar-refractivity contribution is 7.16. The van der Waals surface area contributed by atoms with Crippen molar-refractivity contribution in [3.8, 4) is 21.1 Å². The minimum atomic E-state index is 0.801. The molecule has 4 heterocycles. The standard InChI is InChI=1S/C46H72N2S3/c1-5-9-13-17-19-23-27-37(25-21-15-11-7-3)33-39-29-31-43(50-39)45-46(48-42-36-49-35-41(42)47-45)44-32-30-40(51-44)34-38(26-22-16-12-8-4)28-24-20-18-14-10-6-2/h29-32,35-38H,5-28,33-34H2,1-4H3. The predicted molar refractivity (Wildman–Crippen MR) is 232 cm³/mol. The van der Waals surface area contributed by atoms with Crippen LogP contribution in [-0.2, 0) is 12.8 Å². The van der Waals surface area contributed by atoms with Crippen LogP contribution in [0.1, 0.15) is 192 Å². The molecule has 0 saturated heterocycles. The molecule has 0 N–H and O–H groups in total. The van der Waals surface area contributed by atoms with Gasteiger partial charge < -0.3 is 0 Å². The Morgan fingerprint density at radius 2 is 0.765 bits per heavy atom. The highest BCUT2D eigenvalue weighted by atomic mass is 32.1. The van der Waals surface area contributed by atoms with Gasteiger partial charge in [-0.1, -0.05) is 182 Å². The van der Waals surface area contributed by atoms with Crippen molar-refractivity contribution in [3.05, 3.63) is 44.8 Å². The van der Waals surface area contributed by atoms with E-state index in [1.54, 1.807) is 11.3 Å². The van der Waals surface area contributed by atoms with Gasteiger partial charge in [0, 0.05) is 20.5 Å². The molecule has 4 aromatic rings. The Hall–Kier alpha value is -1.56. The zero-order chi connectivity index (χ0) is 35.9. The van der Waals surface area contributed by atoms with E-state index in [2.05, 4.69) is 62.7 Å². The summed E-state index contributed by atoms with van der Waals surface area (Å²) in [4.78, 5) is 16.2. The molecule has 4 rings (SSSR count). The van der Waals surface area contributed by atoms with E-state index in [1.807, 2.05) is 22.7 Å². The molecule has 2 nitrogen and oxygen atoms in total. The van der Waals surface area contributed by atoms with Crippen LogP contribution < -0.4 is 0 Å². The smallest absolute Gasteiger partial charge is 0.108 e. The number of thiophene rings is 3. The van der Waals surface area contributed by atoms with E-state index >= 15 is 0 Å². The Balaban J connectivity index is 1.47. The summed E-state index contributed by atoms with van der Waals surface area (Å²) in [5.74, 6) is 1.60. The molecular weight excluding hydrogens is 677 g/mol. The average Bonchev–Trinajstić information content (AvgIpc) is 3.92. The molecule has 0 saturated carbocycles. The van der Waals surface area contributed by atoms with Crippen LogP contribution in [0.5, 0.6) is 0 Å². The van der Waals surface area contributed by atoms with Crippen molar-refractivity contribution in [2.45, 2.75) is 195 Å². The zero-order valence-corrected chi connectivity index (χ0v) is 35.6. The van der Waals surface area contributed by atoms with Crippen LogP contribution in [0.2, 0.25) is 0 Å². The first-order chi connectivity index (χ1) is 25.1. The van der Waals surface area contributed by atoms with Crippen LogP contribution in [0.25, 0.3) is 32.2 Å². The number of nitrogens with zero attached hydrogens (tertiary/aromatic N) is 2. The summed E-state index contributed by atoms with van der Waals surface area (Å²) in [5.41, 5.74) is 4.25. The largest absolute Gasteiger partial charge is 0.242 e. The van der Waals surface area contributed by atoms with Gasteiger partial charge in [0.15, 0.2) is 0 Å². The first-order valence-electron chi connectivity index (χ1n) is 21.6. The van der Waals surface area contributed by atoms with Gasteiger partial charge in [-0.2, -0.15) is 0 Å². The van der Waals surface area contributed by atoms with Crippen LogP contribution in [-0.4, -0.2) is 9.97 Å². The molecule has 51 heavy (non-hydrogen) atoms. The summed E-state index contributed by atoms with van der Waals surface area (Å²) < 4.78 is 0. The van der Waals surface area contributed by atoms with Crippen LogP contribution in [0, 0.1) is 11.8 Å². The first-order valence-corrected chi connectivity index (χ1v) is 24.1. The lowest BCUT2D eigenvalue weighted by atomic mass is 9.91. The topological polar surface area (TPSA) is 25.8 Å². The minimum Gasteiger partial charge on any atom is -0.242 e. The van der Waals surface area contributed by atoms with Crippen molar-refractivity contribution >= 4 is 45.0 Å². The van der Waals surface area contributed by atoms with E-state index in [0.717, 1.165) is 34.3 Å². The molecule has 0 radical (unpaired) electrons. The molecule has 0 fully saturated rings. The van der Waals surface area contributed by atoms with E-state index in [0.29, 0.717) is 0 Å². The third kappa shape index (κ3) is 15.4. The van der Waals surface area contributed by atoms with Crippen molar-refractivity contribution in [2.75, 3.05) is 0 Å². The van der Waals surface area contributed by atoms with Gasteiger partial charge in [-0.15, -0.1) is 34.0 Å². The number of hydrogen-bond acceptors (Lipinski definition) is 5. The molecule has 5 heteroatoms. The second-order valence-corrected chi connectivity index (χ2v) is 18.6. The van der Waals surface area contributed by atoms with Crippen LogP contribution >= 0.6 is 34.0 Å². The number of hydrogen-bond donors (Lipinski definition) is 0. The number of aromatic nitrogens is 2. The lowest BCUT2D eigenvalue weighted by Crippen LogP contribution is -2.04. The highest BCUT2D eigenvalue weighted by Gasteiger charge is 2.20. The lowest BCUT2D eigenvalue weighted by Gasteiger charge is -2.16. The van der Waals surface area contributed by atoms with Crippen molar-refractivity contribution in [3.63, 3.8) is 0 Å². The van der Waals surface area contributed by atoms with Crippen molar-refractivity contribution in [1.82, 2.24) is 9.97 Å². The Morgan fingerprint density at radius 3 is 1.14 bits per heavy atom. The Kier molecular flexibility index (Phi) is 21.1. The predicted octanol–water partition coefficient (Wildman–Crippen LogP) is 16.9. The van der Waals surface area contributed by atoms with Gasteiger partial charge in [-0.05, 0) is 48.9 Å². The summed E-state index contributed by atoms with van der Waals surface area (Å²) in [6.07, 6.45) is 35.6. The molecule has 0 aliphatic heterocycles. The van der Waals surface area contributed by atoms with Gasteiger partial charge in [0.25, 0.3) is 0 Å². The van der Waals surface area contributed by atoms with E-state index < -0.39 is 0 Å². The van der Waals surface area contributed by atoms with E-state index in [4.69, 9.17) is 9.97 Å². The maximum atomic E-state index is 5.29. The molecule has 0 spiro atoms. The quantitative estimate of drug-likeness (QED) is 0.0496. The van der Waals surface area contributed by atoms with E-state index in [1.165, 1.54) is 186 Å². The molecule has 0 aliphatic carbocycles. The molecule has 284 valence electrons. The molecule has 0 amide bonds. The van der Waals surface area contributed by atoms with Crippen LogP contribution in [0.15, 0.2) is 35.0 Å². The van der Waals surface area contributed by atoms with Crippen molar-refractivity contribution < 1.29 is 0 Å². The fourth-order valence-electron chi connectivity index (χ4n) is 7.78. The second kappa shape index (κ2) is 25.5. The number of rotatable bonds is 30. The Morgan fingerprint density at radius 1 is 0.431 bits per heavy atom. The van der Waals surface area contributed by atoms with Gasteiger partial charge in [0.05, 0.1) is 9.75 Å². The van der Waals surface area contributed by atoms with Gasteiger partial charge >= 0.3 is 0 Å². The van der Waals surface area contributed by atoms with Gasteiger partial charge in [-0.25, -0.2) is 9.97 Å². The molecule has 0 aliphatic rings. The SMILES string of the molecule is CCCCCCCCC(CCCCCC)Cc1ccc(-c2nc3cscc3nc2-c2ccc(CC(CCCCCC)CCCCCCCC)s2)s1. The maximum absolute atomic E-state index is 5.29.